The van der Waals surface area contributed by atoms with Gasteiger partial charge in [-0.15, -0.1) is 0 Å². The molecule has 2 aromatic rings. The number of aromatic nitrogens is 2. The SMILES string of the molecule is Cn1cc(N2Cc3cc(NC(=O)[C@H](N)C4CCCCC4)cc4c3C(C=N2)C[NH+]4[O-])cn1. The Morgan fingerprint density at radius 2 is 2.13 bits per heavy atom. The fraction of sp³-hybridized carbons (Fsp3) is 0.500. The molecule has 0 bridgehead atoms. The molecular formula is C22H29N7O2. The molecule has 1 aromatic heterocycles. The normalized spacial score (nSPS) is 24.0. The maximum atomic E-state index is 12.9. The van der Waals surface area contributed by atoms with Crippen LogP contribution in [-0.4, -0.2) is 34.5 Å². The number of anilines is 2. The van der Waals surface area contributed by atoms with Gasteiger partial charge in [-0.2, -0.15) is 10.2 Å². The number of aryl methyl sites for hydroxylation is 1. The average molecular weight is 424 g/mol. The lowest BCUT2D eigenvalue weighted by atomic mass is 9.84. The number of benzene rings is 1. The third-order valence-corrected chi connectivity index (χ3v) is 6.77. The lowest BCUT2D eigenvalue weighted by Gasteiger charge is -2.27. The zero-order chi connectivity index (χ0) is 21.5. The van der Waals surface area contributed by atoms with Crippen molar-refractivity contribution in [2.45, 2.75) is 50.6 Å². The fourth-order valence-corrected chi connectivity index (χ4v) is 5.12. The van der Waals surface area contributed by atoms with Gasteiger partial charge in [0.25, 0.3) is 0 Å². The molecule has 1 amide bonds. The van der Waals surface area contributed by atoms with Crippen molar-refractivity contribution >= 4 is 29.2 Å². The second-order valence-electron chi connectivity index (χ2n) is 8.94. The molecule has 0 saturated heterocycles. The van der Waals surface area contributed by atoms with Crippen LogP contribution in [0.5, 0.6) is 0 Å². The predicted octanol–water partition coefficient (Wildman–Crippen LogP) is 1.38. The molecule has 1 saturated carbocycles. The maximum absolute atomic E-state index is 12.9. The molecule has 9 heteroatoms. The molecule has 1 aromatic carbocycles. The van der Waals surface area contributed by atoms with E-state index in [1.165, 1.54) is 6.42 Å². The standard InChI is InChI=1S/C22H29N7O2/c1-27-13-18(10-24-27)28-11-15-7-17(8-19-20(15)16(9-25-28)12-29(19)31)26-22(30)21(23)14-5-3-2-4-6-14/h7-10,13-14,16,21,29H,2-6,11-12,23H2,1H3,(H,26,30)/t16?,21-/m1/s1. The molecule has 4 N–H and O–H groups in total. The quantitative estimate of drug-likeness (QED) is 0.643. The minimum atomic E-state index is -0.522. The van der Waals surface area contributed by atoms with Crippen LogP contribution in [0.25, 0.3) is 0 Å². The molecule has 3 aliphatic rings. The van der Waals surface area contributed by atoms with Gasteiger partial charge in [0, 0.05) is 36.8 Å². The van der Waals surface area contributed by atoms with Crippen molar-refractivity contribution in [1.82, 2.24) is 9.78 Å². The number of amides is 1. The van der Waals surface area contributed by atoms with E-state index in [0.717, 1.165) is 42.5 Å². The van der Waals surface area contributed by atoms with Crippen LogP contribution >= 0.6 is 0 Å². The van der Waals surface area contributed by atoms with Gasteiger partial charge in [-0.3, -0.25) is 14.5 Å². The fourth-order valence-electron chi connectivity index (χ4n) is 5.12. The van der Waals surface area contributed by atoms with E-state index in [-0.39, 0.29) is 22.8 Å². The Balaban J connectivity index is 1.42. The van der Waals surface area contributed by atoms with E-state index in [4.69, 9.17) is 5.73 Å². The van der Waals surface area contributed by atoms with Crippen LogP contribution in [0.1, 0.15) is 49.1 Å². The van der Waals surface area contributed by atoms with Crippen molar-refractivity contribution in [1.29, 1.82) is 0 Å². The van der Waals surface area contributed by atoms with E-state index < -0.39 is 6.04 Å². The Morgan fingerprint density at radius 3 is 2.87 bits per heavy atom. The van der Waals surface area contributed by atoms with Crippen LogP contribution in [0, 0.1) is 11.1 Å². The van der Waals surface area contributed by atoms with Gasteiger partial charge >= 0.3 is 0 Å². The summed E-state index contributed by atoms with van der Waals surface area (Å²) >= 11 is 0. The summed E-state index contributed by atoms with van der Waals surface area (Å²) in [5.74, 6) is 0.0219. The van der Waals surface area contributed by atoms with Gasteiger partial charge in [0.05, 0.1) is 36.9 Å². The Bertz CT molecular complexity index is 1010. The molecule has 1 fully saturated rings. The predicted molar refractivity (Wildman–Crippen MR) is 119 cm³/mol. The molecule has 164 valence electrons. The summed E-state index contributed by atoms with van der Waals surface area (Å²) < 4.78 is 1.73. The van der Waals surface area contributed by atoms with E-state index in [1.54, 1.807) is 16.9 Å². The number of hydrogen-bond acceptors (Lipinski definition) is 6. The average Bonchev–Trinajstić information content (AvgIpc) is 3.28. The highest BCUT2D eigenvalue weighted by Gasteiger charge is 2.35. The summed E-state index contributed by atoms with van der Waals surface area (Å²) in [4.78, 5) is 12.9. The molecule has 0 radical (unpaired) electrons. The van der Waals surface area contributed by atoms with Gasteiger partial charge in [0.1, 0.15) is 5.69 Å². The smallest absolute Gasteiger partial charge is 0.241 e. The summed E-state index contributed by atoms with van der Waals surface area (Å²) in [6, 6.07) is 3.25. The zero-order valence-corrected chi connectivity index (χ0v) is 17.8. The van der Waals surface area contributed by atoms with Gasteiger partial charge in [0.15, 0.2) is 0 Å². The second kappa shape index (κ2) is 8.07. The highest BCUT2D eigenvalue weighted by molar-refractivity contribution is 5.95. The first-order chi connectivity index (χ1) is 15.0. The van der Waals surface area contributed by atoms with E-state index in [1.807, 2.05) is 30.5 Å². The van der Waals surface area contributed by atoms with Crippen LogP contribution in [0.15, 0.2) is 29.6 Å². The number of hydrogen-bond donors (Lipinski definition) is 3. The summed E-state index contributed by atoms with van der Waals surface area (Å²) in [6.07, 6.45) is 11.0. The van der Waals surface area contributed by atoms with Gasteiger partial charge in [-0.05, 0) is 30.4 Å². The molecule has 0 spiro atoms. The van der Waals surface area contributed by atoms with Gasteiger partial charge in [0.2, 0.25) is 5.91 Å². The largest absolute Gasteiger partial charge is 0.629 e. The molecule has 5 rings (SSSR count). The Morgan fingerprint density at radius 1 is 1.32 bits per heavy atom. The summed E-state index contributed by atoms with van der Waals surface area (Å²) in [7, 11) is 1.87. The lowest BCUT2D eigenvalue weighted by molar-refractivity contribution is -0.769. The van der Waals surface area contributed by atoms with Crippen molar-refractivity contribution in [3.63, 3.8) is 0 Å². The van der Waals surface area contributed by atoms with E-state index in [0.29, 0.717) is 24.5 Å². The monoisotopic (exact) mass is 423 g/mol. The van der Waals surface area contributed by atoms with E-state index >= 15 is 0 Å². The minimum absolute atomic E-state index is 0.0339. The number of nitrogens with one attached hydrogen (secondary N) is 2. The van der Waals surface area contributed by atoms with Gasteiger partial charge in [-0.1, -0.05) is 19.3 Å². The summed E-state index contributed by atoms with van der Waals surface area (Å²) in [6.45, 7) is 0.915. The van der Waals surface area contributed by atoms with Crippen molar-refractivity contribution < 1.29 is 9.86 Å². The Hall–Kier alpha value is -2.75. The summed E-state index contributed by atoms with van der Waals surface area (Å²) in [5.41, 5.74) is 10.5. The molecule has 2 unspecified atom stereocenters. The topological polar surface area (TPSA) is 116 Å². The van der Waals surface area contributed by atoms with E-state index in [2.05, 4.69) is 15.5 Å². The molecule has 31 heavy (non-hydrogen) atoms. The van der Waals surface area contributed by atoms with E-state index in [9.17, 15) is 10.0 Å². The third kappa shape index (κ3) is 3.84. The Labute approximate surface area is 181 Å². The first-order valence-corrected chi connectivity index (χ1v) is 11.1. The highest BCUT2D eigenvalue weighted by Crippen LogP contribution is 2.36. The number of nitrogens with two attached hydrogens (primary N) is 1. The van der Waals surface area contributed by atoms with Gasteiger partial charge in [-0.25, -0.2) is 0 Å². The number of rotatable bonds is 4. The Kier molecular flexibility index (Phi) is 5.25. The van der Waals surface area contributed by atoms with Crippen molar-refractivity contribution in [3.8, 4) is 0 Å². The minimum Gasteiger partial charge on any atom is -0.629 e. The van der Waals surface area contributed by atoms with Crippen molar-refractivity contribution in [3.05, 3.63) is 40.9 Å². The number of nitrogens with zero attached hydrogens (tertiary/aromatic N) is 4. The highest BCUT2D eigenvalue weighted by atomic mass is 16.5. The second-order valence-corrected chi connectivity index (χ2v) is 8.94. The number of carbonyl (C=O) groups is 1. The number of carbonyl (C=O) groups excluding carboxylic acids is 1. The first kappa shape index (κ1) is 20.2. The molecular weight excluding hydrogens is 394 g/mol. The number of quaternary nitrogens is 1. The molecule has 3 heterocycles. The third-order valence-electron chi connectivity index (χ3n) is 6.77. The van der Waals surface area contributed by atoms with Crippen LogP contribution < -0.4 is 21.1 Å². The molecule has 3 atom stereocenters. The first-order valence-electron chi connectivity index (χ1n) is 11.1. The van der Waals surface area contributed by atoms with Gasteiger partial charge < -0.3 is 21.3 Å². The van der Waals surface area contributed by atoms with Crippen LogP contribution in [0.4, 0.5) is 17.1 Å². The molecule has 9 nitrogen and oxygen atoms in total. The summed E-state index contributed by atoms with van der Waals surface area (Å²) in [5, 5.41) is 26.5. The zero-order valence-electron chi connectivity index (χ0n) is 17.8. The molecule has 1 aliphatic carbocycles. The number of hydroxylamine groups is 1. The lowest BCUT2D eigenvalue weighted by Crippen LogP contribution is -3.00. The molecule has 2 aliphatic heterocycles. The van der Waals surface area contributed by atoms with Crippen LogP contribution in [0.2, 0.25) is 0 Å². The van der Waals surface area contributed by atoms with Crippen molar-refractivity contribution in [2.24, 2.45) is 23.8 Å². The van der Waals surface area contributed by atoms with Crippen LogP contribution in [-0.2, 0) is 18.4 Å². The van der Waals surface area contributed by atoms with Crippen molar-refractivity contribution in [2.75, 3.05) is 16.9 Å². The maximum Gasteiger partial charge on any atom is 0.241 e. The van der Waals surface area contributed by atoms with Crippen LogP contribution in [0.3, 0.4) is 0 Å². The number of hydrazone groups is 1.